The molecule has 0 unspecified atom stereocenters. The Morgan fingerprint density at radius 3 is 2.65 bits per heavy atom. The SMILES string of the molecule is COC(=O)c1ncsc1S(=O)(=O)NC1CCC(C)CC1. The summed E-state index contributed by atoms with van der Waals surface area (Å²) in [5.74, 6) is -0.0892. The molecule has 1 aliphatic carbocycles. The van der Waals surface area contributed by atoms with Crippen molar-refractivity contribution in [1.82, 2.24) is 9.71 Å². The Morgan fingerprint density at radius 1 is 1.40 bits per heavy atom. The van der Waals surface area contributed by atoms with Gasteiger partial charge in [0.05, 0.1) is 12.6 Å². The predicted octanol–water partition coefficient (Wildman–Crippen LogP) is 1.79. The number of hydrogen-bond acceptors (Lipinski definition) is 6. The van der Waals surface area contributed by atoms with Crippen molar-refractivity contribution in [2.45, 2.75) is 42.9 Å². The molecule has 0 saturated heterocycles. The summed E-state index contributed by atoms with van der Waals surface area (Å²) in [5.41, 5.74) is 1.19. The maximum Gasteiger partial charge on any atom is 0.358 e. The highest BCUT2D eigenvalue weighted by Gasteiger charge is 2.30. The molecule has 0 bridgehead atoms. The minimum Gasteiger partial charge on any atom is -0.464 e. The summed E-state index contributed by atoms with van der Waals surface area (Å²) in [6.45, 7) is 2.17. The summed E-state index contributed by atoms with van der Waals surface area (Å²) in [6.07, 6.45) is 3.68. The molecule has 1 aliphatic rings. The van der Waals surface area contributed by atoms with Crippen molar-refractivity contribution in [2.24, 2.45) is 5.92 Å². The Balaban J connectivity index is 2.15. The van der Waals surface area contributed by atoms with E-state index in [9.17, 15) is 13.2 Å². The van der Waals surface area contributed by atoms with Crippen LogP contribution in [0.3, 0.4) is 0 Å². The van der Waals surface area contributed by atoms with E-state index in [4.69, 9.17) is 0 Å². The number of carbonyl (C=O) groups excluding carboxylic acids is 1. The van der Waals surface area contributed by atoms with Crippen LogP contribution in [0.4, 0.5) is 0 Å². The molecule has 1 heterocycles. The van der Waals surface area contributed by atoms with Crippen LogP contribution in [-0.4, -0.2) is 32.5 Å². The van der Waals surface area contributed by atoms with Gasteiger partial charge in [-0.05, 0) is 31.6 Å². The van der Waals surface area contributed by atoms with Crippen LogP contribution in [0.2, 0.25) is 0 Å². The molecular formula is C12H18N2O4S2. The van der Waals surface area contributed by atoms with Gasteiger partial charge in [0.1, 0.15) is 0 Å². The standard InChI is InChI=1S/C12H18N2O4S2/c1-8-3-5-9(6-4-8)14-20(16,17)12-10(11(15)18-2)13-7-19-12/h7-9,14H,3-6H2,1-2H3. The van der Waals surface area contributed by atoms with Crippen molar-refractivity contribution < 1.29 is 17.9 Å². The number of aromatic nitrogens is 1. The van der Waals surface area contributed by atoms with Crippen molar-refractivity contribution in [3.8, 4) is 0 Å². The molecule has 1 aromatic rings. The molecule has 0 aliphatic heterocycles. The van der Waals surface area contributed by atoms with Gasteiger partial charge in [-0.15, -0.1) is 11.3 Å². The number of rotatable bonds is 4. The van der Waals surface area contributed by atoms with Crippen molar-refractivity contribution >= 4 is 27.3 Å². The van der Waals surface area contributed by atoms with Crippen LogP contribution >= 0.6 is 11.3 Å². The van der Waals surface area contributed by atoms with E-state index < -0.39 is 16.0 Å². The van der Waals surface area contributed by atoms with Crippen LogP contribution in [-0.2, 0) is 14.8 Å². The van der Waals surface area contributed by atoms with Gasteiger partial charge in [0.15, 0.2) is 9.90 Å². The smallest absolute Gasteiger partial charge is 0.358 e. The highest BCUT2D eigenvalue weighted by atomic mass is 32.2. The number of thiazole rings is 1. The van der Waals surface area contributed by atoms with E-state index in [2.05, 4.69) is 21.4 Å². The lowest BCUT2D eigenvalue weighted by molar-refractivity contribution is 0.0590. The lowest BCUT2D eigenvalue weighted by Crippen LogP contribution is -2.37. The van der Waals surface area contributed by atoms with Crippen LogP contribution in [0.5, 0.6) is 0 Å². The first-order valence-electron chi connectivity index (χ1n) is 6.48. The first-order chi connectivity index (χ1) is 9.44. The molecule has 0 aromatic carbocycles. The van der Waals surface area contributed by atoms with Gasteiger partial charge in [0, 0.05) is 6.04 Å². The summed E-state index contributed by atoms with van der Waals surface area (Å²) in [6, 6.07) is -0.0659. The number of ether oxygens (including phenoxy) is 1. The zero-order valence-electron chi connectivity index (χ0n) is 11.5. The van der Waals surface area contributed by atoms with Crippen LogP contribution in [0.25, 0.3) is 0 Å². The van der Waals surface area contributed by atoms with Crippen molar-refractivity contribution in [1.29, 1.82) is 0 Å². The number of nitrogens with zero attached hydrogens (tertiary/aromatic N) is 1. The molecule has 1 N–H and O–H groups in total. The molecule has 2 rings (SSSR count). The van der Waals surface area contributed by atoms with Crippen LogP contribution in [0.15, 0.2) is 9.72 Å². The van der Waals surface area contributed by atoms with Crippen LogP contribution < -0.4 is 4.72 Å². The van der Waals surface area contributed by atoms with Gasteiger partial charge in [0.2, 0.25) is 0 Å². The molecule has 0 radical (unpaired) electrons. The van der Waals surface area contributed by atoms with Gasteiger partial charge in [0.25, 0.3) is 10.0 Å². The molecular weight excluding hydrogens is 300 g/mol. The summed E-state index contributed by atoms with van der Waals surface area (Å²) >= 11 is 0.927. The van der Waals surface area contributed by atoms with E-state index in [-0.39, 0.29) is 15.9 Å². The molecule has 20 heavy (non-hydrogen) atoms. The fourth-order valence-electron chi connectivity index (χ4n) is 2.31. The minimum absolute atomic E-state index is 0.0659. The van der Waals surface area contributed by atoms with E-state index >= 15 is 0 Å². The zero-order valence-corrected chi connectivity index (χ0v) is 13.1. The second-order valence-corrected chi connectivity index (χ2v) is 7.82. The maximum absolute atomic E-state index is 12.3. The molecule has 6 nitrogen and oxygen atoms in total. The van der Waals surface area contributed by atoms with E-state index in [1.165, 1.54) is 12.6 Å². The Hall–Kier alpha value is -0.990. The Labute approximate surface area is 122 Å². The van der Waals surface area contributed by atoms with E-state index in [0.29, 0.717) is 5.92 Å². The highest BCUT2D eigenvalue weighted by Crippen LogP contribution is 2.26. The van der Waals surface area contributed by atoms with E-state index in [1.54, 1.807) is 0 Å². The first kappa shape index (κ1) is 15.4. The molecule has 1 aromatic heterocycles. The monoisotopic (exact) mass is 318 g/mol. The normalized spacial score (nSPS) is 23.5. The second-order valence-electron chi connectivity index (χ2n) is 5.06. The van der Waals surface area contributed by atoms with Crippen molar-refractivity contribution in [2.75, 3.05) is 7.11 Å². The maximum atomic E-state index is 12.3. The molecule has 112 valence electrons. The molecule has 0 amide bonds. The molecule has 1 saturated carbocycles. The molecule has 0 spiro atoms. The fourth-order valence-corrected chi connectivity index (χ4v) is 4.76. The van der Waals surface area contributed by atoms with Crippen LogP contribution in [0.1, 0.15) is 43.1 Å². The van der Waals surface area contributed by atoms with E-state index in [1.807, 2.05) is 0 Å². The van der Waals surface area contributed by atoms with Gasteiger partial charge in [-0.3, -0.25) is 0 Å². The van der Waals surface area contributed by atoms with Gasteiger partial charge < -0.3 is 4.74 Å². The van der Waals surface area contributed by atoms with Crippen LogP contribution in [0, 0.1) is 5.92 Å². The summed E-state index contributed by atoms with van der Waals surface area (Å²) < 4.78 is 31.8. The lowest BCUT2D eigenvalue weighted by atomic mass is 9.88. The van der Waals surface area contributed by atoms with Gasteiger partial charge in [-0.25, -0.2) is 22.9 Å². The molecule has 8 heteroatoms. The third kappa shape index (κ3) is 3.36. The lowest BCUT2D eigenvalue weighted by Gasteiger charge is -2.26. The number of methoxy groups -OCH3 is 1. The fraction of sp³-hybridized carbons (Fsp3) is 0.667. The summed E-state index contributed by atoms with van der Waals surface area (Å²) in [5, 5.41) is 0. The quantitative estimate of drug-likeness (QED) is 0.855. The average Bonchev–Trinajstić information content (AvgIpc) is 2.90. The summed E-state index contributed by atoms with van der Waals surface area (Å²) in [4.78, 5) is 15.3. The number of sulfonamides is 1. The number of esters is 1. The average molecular weight is 318 g/mol. The third-order valence-corrected chi connectivity index (χ3v) is 6.39. The highest BCUT2D eigenvalue weighted by molar-refractivity contribution is 7.91. The van der Waals surface area contributed by atoms with E-state index in [0.717, 1.165) is 37.0 Å². The second kappa shape index (κ2) is 6.19. The van der Waals surface area contributed by atoms with Gasteiger partial charge >= 0.3 is 5.97 Å². The van der Waals surface area contributed by atoms with Crippen molar-refractivity contribution in [3.05, 3.63) is 11.2 Å². The summed E-state index contributed by atoms with van der Waals surface area (Å²) in [7, 11) is -2.51. The first-order valence-corrected chi connectivity index (χ1v) is 8.84. The Morgan fingerprint density at radius 2 is 2.05 bits per heavy atom. The predicted molar refractivity (Wildman–Crippen MR) is 75.2 cm³/mol. The third-order valence-electron chi connectivity index (χ3n) is 3.50. The molecule has 1 fully saturated rings. The number of nitrogens with one attached hydrogen (secondary N) is 1. The Bertz CT molecular complexity index is 574. The van der Waals surface area contributed by atoms with Gasteiger partial charge in [-0.1, -0.05) is 6.92 Å². The van der Waals surface area contributed by atoms with Crippen molar-refractivity contribution in [3.63, 3.8) is 0 Å². The zero-order chi connectivity index (χ0) is 14.8. The number of hydrogen-bond donors (Lipinski definition) is 1. The topological polar surface area (TPSA) is 85.4 Å². The Kier molecular flexibility index (Phi) is 4.77. The van der Waals surface area contributed by atoms with Gasteiger partial charge in [-0.2, -0.15) is 0 Å². The molecule has 0 atom stereocenters. The minimum atomic E-state index is -3.71. The number of carbonyl (C=O) groups is 1. The largest absolute Gasteiger partial charge is 0.464 e.